The highest BCUT2D eigenvalue weighted by molar-refractivity contribution is 6.00. The van der Waals surface area contributed by atoms with E-state index in [1.54, 1.807) is 0 Å². The number of methoxy groups -OCH3 is 2. The molecule has 0 aliphatic carbocycles. The number of carbonyl (C=O) groups is 3. The summed E-state index contributed by atoms with van der Waals surface area (Å²) in [6.07, 6.45) is 2.79. The van der Waals surface area contributed by atoms with Crippen molar-refractivity contribution in [2.75, 3.05) is 26.1 Å². The molecule has 0 radical (unpaired) electrons. The molecule has 7 heteroatoms. The molecule has 1 aliphatic rings. The molecule has 0 saturated carbocycles. The van der Waals surface area contributed by atoms with Gasteiger partial charge >= 0.3 is 11.9 Å². The molecule has 0 bridgehead atoms. The van der Waals surface area contributed by atoms with Crippen LogP contribution < -0.4 is 10.6 Å². The molecule has 0 aromatic heterocycles. The molecule has 1 fully saturated rings. The maximum atomic E-state index is 12.3. The van der Waals surface area contributed by atoms with E-state index in [0.29, 0.717) is 5.69 Å². The molecule has 2 N–H and O–H groups in total. The summed E-state index contributed by atoms with van der Waals surface area (Å²) in [5.41, 5.74) is 0.690. The van der Waals surface area contributed by atoms with Crippen molar-refractivity contribution >= 4 is 23.5 Å². The molecule has 2 rings (SSSR count). The van der Waals surface area contributed by atoms with Crippen molar-refractivity contribution in [3.8, 4) is 0 Å². The van der Waals surface area contributed by atoms with Gasteiger partial charge in [0.2, 0.25) is 5.91 Å². The van der Waals surface area contributed by atoms with Crippen molar-refractivity contribution < 1.29 is 23.9 Å². The maximum absolute atomic E-state index is 12.3. The first-order chi connectivity index (χ1) is 11.0. The zero-order valence-electron chi connectivity index (χ0n) is 13.2. The van der Waals surface area contributed by atoms with Crippen LogP contribution in [0.4, 0.5) is 5.69 Å². The average molecular weight is 320 g/mol. The number of anilines is 1. The molecule has 23 heavy (non-hydrogen) atoms. The maximum Gasteiger partial charge on any atom is 0.337 e. The molecule has 1 saturated heterocycles. The van der Waals surface area contributed by atoms with Crippen LogP contribution in [0.25, 0.3) is 0 Å². The van der Waals surface area contributed by atoms with Crippen LogP contribution >= 0.6 is 0 Å². The number of carbonyl (C=O) groups excluding carboxylic acids is 3. The lowest BCUT2D eigenvalue weighted by atomic mass is 10.0. The third-order valence-electron chi connectivity index (χ3n) is 3.67. The molecule has 0 spiro atoms. The minimum Gasteiger partial charge on any atom is -0.465 e. The third-order valence-corrected chi connectivity index (χ3v) is 3.67. The molecule has 1 aromatic rings. The molecular weight excluding hydrogens is 300 g/mol. The third kappa shape index (κ3) is 4.29. The van der Waals surface area contributed by atoms with Gasteiger partial charge in [-0.15, -0.1) is 0 Å². The van der Waals surface area contributed by atoms with Crippen molar-refractivity contribution in [2.24, 2.45) is 0 Å². The Bertz CT molecular complexity index is 574. The Morgan fingerprint density at radius 2 is 1.65 bits per heavy atom. The van der Waals surface area contributed by atoms with Gasteiger partial charge in [0.05, 0.1) is 31.4 Å². The van der Waals surface area contributed by atoms with E-state index >= 15 is 0 Å². The molecule has 124 valence electrons. The fourth-order valence-electron chi connectivity index (χ4n) is 2.48. The highest BCUT2D eigenvalue weighted by Crippen LogP contribution is 2.18. The number of rotatable bonds is 4. The zero-order chi connectivity index (χ0) is 16.8. The number of esters is 2. The number of nitrogens with one attached hydrogen (secondary N) is 2. The van der Waals surface area contributed by atoms with Gasteiger partial charge in [0.25, 0.3) is 0 Å². The number of amides is 1. The van der Waals surface area contributed by atoms with Crippen LogP contribution in [0.3, 0.4) is 0 Å². The van der Waals surface area contributed by atoms with E-state index in [9.17, 15) is 14.4 Å². The SMILES string of the molecule is COC(=O)c1cc(NC(=O)C2CCCCN2)cc(C(=O)OC)c1. The summed E-state index contributed by atoms with van der Waals surface area (Å²) in [5.74, 6) is -1.38. The van der Waals surface area contributed by atoms with Crippen LogP contribution in [-0.2, 0) is 14.3 Å². The minimum atomic E-state index is -0.595. The fourth-order valence-corrected chi connectivity index (χ4v) is 2.48. The standard InChI is InChI=1S/C16H20N2O5/c1-22-15(20)10-7-11(16(21)23-2)9-12(8-10)18-14(19)13-5-3-4-6-17-13/h7-9,13,17H,3-6H2,1-2H3,(H,18,19). The quantitative estimate of drug-likeness (QED) is 0.813. The van der Waals surface area contributed by atoms with E-state index in [-0.39, 0.29) is 23.1 Å². The lowest BCUT2D eigenvalue weighted by Crippen LogP contribution is -2.43. The molecular formula is C16H20N2O5. The smallest absolute Gasteiger partial charge is 0.337 e. The Labute approximate surface area is 134 Å². The van der Waals surface area contributed by atoms with E-state index in [4.69, 9.17) is 0 Å². The van der Waals surface area contributed by atoms with Crippen molar-refractivity contribution in [2.45, 2.75) is 25.3 Å². The first kappa shape index (κ1) is 17.0. The first-order valence-electron chi connectivity index (χ1n) is 7.41. The van der Waals surface area contributed by atoms with Crippen LogP contribution in [0, 0.1) is 0 Å². The Kier molecular flexibility index (Phi) is 5.70. The van der Waals surface area contributed by atoms with Crippen molar-refractivity contribution in [3.05, 3.63) is 29.3 Å². The molecule has 1 unspecified atom stereocenters. The Morgan fingerprint density at radius 3 is 2.13 bits per heavy atom. The predicted molar refractivity (Wildman–Crippen MR) is 83.4 cm³/mol. The van der Waals surface area contributed by atoms with Gasteiger partial charge in [-0.1, -0.05) is 6.42 Å². The van der Waals surface area contributed by atoms with Crippen molar-refractivity contribution in [1.29, 1.82) is 0 Å². The molecule has 7 nitrogen and oxygen atoms in total. The summed E-state index contributed by atoms with van der Waals surface area (Å²) < 4.78 is 9.33. The zero-order valence-corrected chi connectivity index (χ0v) is 13.2. The van der Waals surface area contributed by atoms with E-state index in [1.807, 2.05) is 0 Å². The highest BCUT2D eigenvalue weighted by atomic mass is 16.5. The number of ether oxygens (including phenoxy) is 2. The summed E-state index contributed by atoms with van der Waals surface area (Å²) in [6, 6.07) is 4.04. The summed E-state index contributed by atoms with van der Waals surface area (Å²) in [5, 5.41) is 5.87. The van der Waals surface area contributed by atoms with Gasteiger partial charge in [0, 0.05) is 5.69 Å². The van der Waals surface area contributed by atoms with Gasteiger partial charge in [-0.05, 0) is 37.6 Å². The molecule has 1 aromatic carbocycles. The largest absolute Gasteiger partial charge is 0.465 e. The average Bonchev–Trinajstić information content (AvgIpc) is 2.60. The summed E-state index contributed by atoms with van der Waals surface area (Å²) in [6.45, 7) is 0.799. The van der Waals surface area contributed by atoms with Gasteiger partial charge in [0.1, 0.15) is 0 Å². The van der Waals surface area contributed by atoms with E-state index < -0.39 is 11.9 Å². The second-order valence-electron chi connectivity index (χ2n) is 5.27. The van der Waals surface area contributed by atoms with Crippen LogP contribution in [-0.4, -0.2) is 44.7 Å². The number of benzene rings is 1. The Balaban J connectivity index is 2.23. The van der Waals surface area contributed by atoms with Gasteiger partial charge < -0.3 is 20.1 Å². The van der Waals surface area contributed by atoms with Gasteiger partial charge in [-0.2, -0.15) is 0 Å². The second kappa shape index (κ2) is 7.73. The number of hydrogen-bond donors (Lipinski definition) is 2. The monoisotopic (exact) mass is 320 g/mol. The molecule has 1 atom stereocenters. The van der Waals surface area contributed by atoms with Crippen LogP contribution in [0.5, 0.6) is 0 Å². The summed E-state index contributed by atoms with van der Waals surface area (Å²) in [7, 11) is 2.49. The number of hydrogen-bond acceptors (Lipinski definition) is 6. The van der Waals surface area contributed by atoms with Crippen molar-refractivity contribution in [3.63, 3.8) is 0 Å². The Hall–Kier alpha value is -2.41. The topological polar surface area (TPSA) is 93.7 Å². The summed E-state index contributed by atoms with van der Waals surface area (Å²) in [4.78, 5) is 35.7. The molecule has 1 amide bonds. The second-order valence-corrected chi connectivity index (χ2v) is 5.27. The van der Waals surface area contributed by atoms with Crippen LogP contribution in [0.1, 0.15) is 40.0 Å². The molecule has 1 heterocycles. The van der Waals surface area contributed by atoms with E-state index in [1.165, 1.54) is 32.4 Å². The first-order valence-corrected chi connectivity index (χ1v) is 7.41. The van der Waals surface area contributed by atoms with E-state index in [0.717, 1.165) is 25.8 Å². The number of piperidine rings is 1. The van der Waals surface area contributed by atoms with Gasteiger partial charge in [-0.25, -0.2) is 9.59 Å². The molecule has 1 aliphatic heterocycles. The van der Waals surface area contributed by atoms with Gasteiger partial charge in [0.15, 0.2) is 0 Å². The lowest BCUT2D eigenvalue weighted by Gasteiger charge is -2.22. The normalized spacial score (nSPS) is 17.2. The van der Waals surface area contributed by atoms with E-state index in [2.05, 4.69) is 20.1 Å². The van der Waals surface area contributed by atoms with Crippen LogP contribution in [0.2, 0.25) is 0 Å². The highest BCUT2D eigenvalue weighted by Gasteiger charge is 2.21. The van der Waals surface area contributed by atoms with Crippen molar-refractivity contribution in [1.82, 2.24) is 5.32 Å². The minimum absolute atomic E-state index is 0.169. The Morgan fingerprint density at radius 1 is 1.04 bits per heavy atom. The predicted octanol–water partition coefficient (Wildman–Crippen LogP) is 1.34. The fraction of sp³-hybridized carbons (Fsp3) is 0.438. The lowest BCUT2D eigenvalue weighted by molar-refractivity contribution is -0.118. The van der Waals surface area contributed by atoms with Crippen LogP contribution in [0.15, 0.2) is 18.2 Å². The van der Waals surface area contributed by atoms with Gasteiger partial charge in [-0.3, -0.25) is 4.79 Å². The summed E-state index contributed by atoms with van der Waals surface area (Å²) >= 11 is 0.